The first kappa shape index (κ1) is 13.8. The number of piperazine rings is 1. The van der Waals surface area contributed by atoms with Crippen molar-refractivity contribution in [1.29, 1.82) is 0 Å². The van der Waals surface area contributed by atoms with Crippen LogP contribution in [-0.4, -0.2) is 62.8 Å². The third-order valence-corrected chi connectivity index (χ3v) is 3.97. The van der Waals surface area contributed by atoms with E-state index in [0.717, 1.165) is 32.0 Å². The van der Waals surface area contributed by atoms with Crippen LogP contribution >= 0.6 is 0 Å². The van der Waals surface area contributed by atoms with Crippen molar-refractivity contribution in [3.63, 3.8) is 0 Å². The molecule has 1 aromatic rings. The zero-order valence-electron chi connectivity index (χ0n) is 11.9. The SMILES string of the molecule is O=C(C[NH+]1CCN(c2cccc[nH+]2)CC1)N1CCOC1=O. The van der Waals surface area contributed by atoms with Gasteiger partial charge in [0.15, 0.2) is 6.54 Å². The van der Waals surface area contributed by atoms with Crippen molar-refractivity contribution in [2.75, 3.05) is 50.8 Å². The number of carbonyl (C=O) groups is 2. The molecule has 0 aliphatic carbocycles. The number of pyridine rings is 1. The van der Waals surface area contributed by atoms with Gasteiger partial charge < -0.3 is 9.64 Å². The lowest BCUT2D eigenvalue weighted by molar-refractivity contribution is -0.892. The first-order valence-corrected chi connectivity index (χ1v) is 7.26. The lowest BCUT2D eigenvalue weighted by Crippen LogP contribution is -3.16. The highest BCUT2D eigenvalue weighted by molar-refractivity contribution is 5.93. The van der Waals surface area contributed by atoms with Gasteiger partial charge in [-0.2, -0.15) is 0 Å². The Kier molecular flexibility index (Phi) is 4.01. The van der Waals surface area contributed by atoms with Gasteiger partial charge in [-0.05, 0) is 6.07 Å². The van der Waals surface area contributed by atoms with Crippen LogP contribution in [0, 0.1) is 0 Å². The number of imide groups is 1. The zero-order valence-corrected chi connectivity index (χ0v) is 11.9. The van der Waals surface area contributed by atoms with E-state index >= 15 is 0 Å². The highest BCUT2D eigenvalue weighted by atomic mass is 16.6. The second-order valence-corrected chi connectivity index (χ2v) is 5.32. The first-order chi connectivity index (χ1) is 10.2. The lowest BCUT2D eigenvalue weighted by atomic mass is 10.3. The maximum atomic E-state index is 12.1. The van der Waals surface area contributed by atoms with Crippen molar-refractivity contribution >= 4 is 17.8 Å². The monoisotopic (exact) mass is 292 g/mol. The molecule has 0 atom stereocenters. The molecule has 2 N–H and O–H groups in total. The van der Waals surface area contributed by atoms with Gasteiger partial charge in [0, 0.05) is 6.07 Å². The number of nitrogens with one attached hydrogen (secondary N) is 2. The summed E-state index contributed by atoms with van der Waals surface area (Å²) in [4.78, 5) is 31.3. The molecule has 2 saturated heterocycles. The topological polar surface area (TPSA) is 68.4 Å². The van der Waals surface area contributed by atoms with Crippen molar-refractivity contribution < 1.29 is 24.2 Å². The van der Waals surface area contributed by atoms with Gasteiger partial charge in [0.2, 0.25) is 0 Å². The van der Waals surface area contributed by atoms with Crippen LogP contribution in [0.1, 0.15) is 0 Å². The molecule has 0 saturated carbocycles. The average Bonchev–Trinajstić information content (AvgIpc) is 2.95. The van der Waals surface area contributed by atoms with Gasteiger partial charge in [0.1, 0.15) is 32.8 Å². The molecule has 1 aromatic heterocycles. The zero-order chi connectivity index (χ0) is 14.7. The Balaban J connectivity index is 1.50. The summed E-state index contributed by atoms with van der Waals surface area (Å²) in [5.41, 5.74) is 0. The molecule has 21 heavy (non-hydrogen) atoms. The maximum absolute atomic E-state index is 12.1. The first-order valence-electron chi connectivity index (χ1n) is 7.26. The molecule has 0 radical (unpaired) electrons. The Hall–Kier alpha value is -2.15. The fourth-order valence-electron chi connectivity index (χ4n) is 2.75. The van der Waals surface area contributed by atoms with E-state index in [4.69, 9.17) is 4.74 Å². The van der Waals surface area contributed by atoms with E-state index in [9.17, 15) is 9.59 Å². The quantitative estimate of drug-likeness (QED) is 0.713. The number of hydrogen-bond donors (Lipinski definition) is 1. The molecule has 2 fully saturated rings. The highest BCUT2D eigenvalue weighted by Gasteiger charge is 2.33. The lowest BCUT2D eigenvalue weighted by Gasteiger charge is -2.28. The van der Waals surface area contributed by atoms with Crippen LogP contribution in [0.4, 0.5) is 10.6 Å². The van der Waals surface area contributed by atoms with Crippen LogP contribution in [0.3, 0.4) is 0 Å². The second kappa shape index (κ2) is 6.09. The van der Waals surface area contributed by atoms with Crippen LogP contribution in [0.15, 0.2) is 24.4 Å². The van der Waals surface area contributed by atoms with Crippen LogP contribution in [0.2, 0.25) is 0 Å². The molecule has 2 amide bonds. The van der Waals surface area contributed by atoms with Crippen molar-refractivity contribution in [2.24, 2.45) is 0 Å². The molecule has 0 bridgehead atoms. The number of cyclic esters (lactones) is 1. The third kappa shape index (κ3) is 3.13. The fraction of sp³-hybridized carbons (Fsp3) is 0.500. The summed E-state index contributed by atoms with van der Waals surface area (Å²) in [6.07, 6.45) is 1.41. The molecule has 112 valence electrons. The van der Waals surface area contributed by atoms with Crippen LogP contribution in [0.5, 0.6) is 0 Å². The molecule has 7 nitrogen and oxygen atoms in total. The molecular formula is C14H20N4O3+2. The molecule has 7 heteroatoms. The minimum Gasteiger partial charge on any atom is -0.447 e. The van der Waals surface area contributed by atoms with E-state index < -0.39 is 6.09 Å². The summed E-state index contributed by atoms with van der Waals surface area (Å²) >= 11 is 0. The molecular weight excluding hydrogens is 272 g/mol. The van der Waals surface area contributed by atoms with E-state index in [-0.39, 0.29) is 5.91 Å². The Morgan fingerprint density at radius 2 is 2.10 bits per heavy atom. The predicted octanol–water partition coefficient (Wildman–Crippen LogP) is -1.82. The minimum absolute atomic E-state index is 0.132. The number of quaternary nitrogens is 1. The number of nitrogens with zero attached hydrogens (tertiary/aromatic N) is 2. The van der Waals surface area contributed by atoms with Gasteiger partial charge in [0.25, 0.3) is 11.7 Å². The number of rotatable bonds is 3. The second-order valence-electron chi connectivity index (χ2n) is 5.32. The summed E-state index contributed by atoms with van der Waals surface area (Å²) in [6.45, 7) is 4.63. The fourth-order valence-corrected chi connectivity index (χ4v) is 2.75. The highest BCUT2D eigenvalue weighted by Crippen LogP contribution is 2.05. The van der Waals surface area contributed by atoms with Crippen molar-refractivity contribution in [3.05, 3.63) is 24.4 Å². The summed E-state index contributed by atoms with van der Waals surface area (Å²) in [5.74, 6) is 0.971. The normalized spacial score (nSPS) is 19.7. The van der Waals surface area contributed by atoms with Gasteiger partial charge in [-0.3, -0.25) is 9.69 Å². The Morgan fingerprint density at radius 1 is 1.29 bits per heavy atom. The van der Waals surface area contributed by atoms with Gasteiger partial charge in [-0.1, -0.05) is 6.07 Å². The predicted molar refractivity (Wildman–Crippen MR) is 73.8 cm³/mol. The number of ether oxygens (including phenoxy) is 1. The molecule has 2 aliphatic heterocycles. The minimum atomic E-state index is -0.503. The maximum Gasteiger partial charge on any atom is 0.416 e. The summed E-state index contributed by atoms with van der Waals surface area (Å²) in [6, 6.07) is 6.02. The largest absolute Gasteiger partial charge is 0.447 e. The average molecular weight is 292 g/mol. The van der Waals surface area contributed by atoms with Gasteiger partial charge in [0.05, 0.1) is 12.7 Å². The molecule has 0 aromatic carbocycles. The van der Waals surface area contributed by atoms with E-state index in [0.29, 0.717) is 19.7 Å². The number of H-pyrrole nitrogens is 1. The van der Waals surface area contributed by atoms with Crippen LogP contribution in [0.25, 0.3) is 0 Å². The standard InChI is InChI=1S/C14H18N4O3/c19-13(18-9-10-21-14(18)20)11-16-5-7-17(8-6-16)12-3-1-2-4-15-12/h1-4H,5-11H2/p+2. The Morgan fingerprint density at radius 3 is 2.71 bits per heavy atom. The number of aromatic nitrogens is 1. The van der Waals surface area contributed by atoms with Crippen molar-refractivity contribution in [1.82, 2.24) is 4.90 Å². The number of anilines is 1. The Labute approximate surface area is 123 Å². The summed E-state index contributed by atoms with van der Waals surface area (Å²) in [7, 11) is 0. The van der Waals surface area contributed by atoms with E-state index in [2.05, 4.69) is 16.0 Å². The third-order valence-electron chi connectivity index (χ3n) is 3.97. The van der Waals surface area contributed by atoms with Crippen molar-refractivity contribution in [2.45, 2.75) is 0 Å². The summed E-state index contributed by atoms with van der Waals surface area (Å²) < 4.78 is 4.80. The Bertz CT molecular complexity index is 514. The molecule has 3 rings (SSSR count). The number of hydrogen-bond acceptors (Lipinski definition) is 4. The molecule has 2 aliphatic rings. The van der Waals surface area contributed by atoms with Crippen molar-refractivity contribution in [3.8, 4) is 0 Å². The number of amides is 2. The molecule has 0 spiro atoms. The van der Waals surface area contributed by atoms with Crippen LogP contribution in [-0.2, 0) is 9.53 Å². The van der Waals surface area contributed by atoms with E-state index in [1.165, 1.54) is 9.80 Å². The van der Waals surface area contributed by atoms with Gasteiger partial charge in [-0.25, -0.2) is 14.7 Å². The van der Waals surface area contributed by atoms with Gasteiger partial charge >= 0.3 is 6.09 Å². The smallest absolute Gasteiger partial charge is 0.416 e. The molecule has 0 unspecified atom stereocenters. The number of aromatic amines is 1. The van der Waals surface area contributed by atoms with Gasteiger partial charge in [-0.15, -0.1) is 0 Å². The van der Waals surface area contributed by atoms with E-state index in [1.807, 2.05) is 18.3 Å². The van der Waals surface area contributed by atoms with Crippen LogP contribution < -0.4 is 14.8 Å². The summed E-state index contributed by atoms with van der Waals surface area (Å²) in [5, 5.41) is 0. The number of carbonyl (C=O) groups excluding carboxylic acids is 2. The van der Waals surface area contributed by atoms with E-state index in [1.54, 1.807) is 0 Å². The molecule has 3 heterocycles.